The molecule has 2 aromatic heterocycles. The zero-order valence-corrected chi connectivity index (χ0v) is 9.62. The average Bonchev–Trinajstić information content (AvgIpc) is 2.76. The molecule has 0 aliphatic carbocycles. The summed E-state index contributed by atoms with van der Waals surface area (Å²) in [4.78, 5) is 0. The van der Waals surface area contributed by atoms with Crippen LogP contribution in [0.15, 0.2) is 15.2 Å². The van der Waals surface area contributed by atoms with E-state index in [1.165, 1.54) is 5.56 Å². The Morgan fingerprint density at radius 2 is 2.43 bits per heavy atom. The summed E-state index contributed by atoms with van der Waals surface area (Å²) in [5.41, 5.74) is 6.65. The number of hydrogen-bond donors (Lipinski definition) is 1. The normalized spacial score (nSPS) is 10.7. The minimum absolute atomic E-state index is 0.359. The summed E-state index contributed by atoms with van der Waals surface area (Å²) in [6, 6.07) is 2.05. The molecule has 74 valence electrons. The molecule has 0 aliphatic heterocycles. The molecule has 2 aromatic rings. The van der Waals surface area contributed by atoms with Crippen LogP contribution in [0.1, 0.15) is 11.4 Å². The molecule has 0 fully saturated rings. The second-order valence-corrected chi connectivity index (χ2v) is 5.01. The van der Waals surface area contributed by atoms with Crippen molar-refractivity contribution in [2.75, 3.05) is 0 Å². The van der Waals surface area contributed by atoms with E-state index in [0.717, 1.165) is 3.79 Å². The zero-order valence-electron chi connectivity index (χ0n) is 7.22. The number of nitrogens with zero attached hydrogens (tertiary/aromatic N) is 4. The van der Waals surface area contributed by atoms with E-state index < -0.39 is 0 Å². The third-order valence-electron chi connectivity index (χ3n) is 1.74. The largest absolute Gasteiger partial charge is 0.324 e. The Labute approximate surface area is 93.0 Å². The zero-order chi connectivity index (χ0) is 9.97. The van der Waals surface area contributed by atoms with Gasteiger partial charge in [0.05, 0.1) is 16.9 Å². The maximum Gasteiger partial charge on any atom is 0.165 e. The van der Waals surface area contributed by atoms with Crippen LogP contribution in [0.5, 0.6) is 0 Å². The SMILES string of the molecule is NCc1nnnn1Cc1csc(Br)c1. The van der Waals surface area contributed by atoms with Gasteiger partial charge in [0, 0.05) is 0 Å². The predicted molar refractivity (Wildman–Crippen MR) is 56.8 cm³/mol. The number of aromatic nitrogens is 4. The Morgan fingerprint density at radius 3 is 3.07 bits per heavy atom. The summed E-state index contributed by atoms with van der Waals surface area (Å²) < 4.78 is 2.81. The van der Waals surface area contributed by atoms with E-state index in [9.17, 15) is 0 Å². The van der Waals surface area contributed by atoms with Crippen molar-refractivity contribution >= 4 is 27.3 Å². The molecule has 0 radical (unpaired) electrons. The van der Waals surface area contributed by atoms with Crippen LogP contribution in [0, 0.1) is 0 Å². The Kier molecular flexibility index (Phi) is 2.90. The molecule has 0 spiro atoms. The molecule has 0 unspecified atom stereocenters. The van der Waals surface area contributed by atoms with E-state index in [4.69, 9.17) is 5.73 Å². The summed E-state index contributed by atoms with van der Waals surface area (Å²) >= 11 is 5.05. The molecule has 2 N–H and O–H groups in total. The first-order valence-electron chi connectivity index (χ1n) is 3.97. The highest BCUT2D eigenvalue weighted by molar-refractivity contribution is 9.11. The van der Waals surface area contributed by atoms with Crippen LogP contribution in [-0.4, -0.2) is 20.2 Å². The smallest absolute Gasteiger partial charge is 0.165 e. The van der Waals surface area contributed by atoms with Gasteiger partial charge in [-0.2, -0.15) is 0 Å². The van der Waals surface area contributed by atoms with Crippen molar-refractivity contribution in [3.8, 4) is 0 Å². The van der Waals surface area contributed by atoms with Gasteiger partial charge in [-0.3, -0.25) is 0 Å². The highest BCUT2D eigenvalue weighted by Gasteiger charge is 2.05. The molecule has 2 heterocycles. The number of tetrazole rings is 1. The van der Waals surface area contributed by atoms with Crippen LogP contribution in [-0.2, 0) is 13.1 Å². The van der Waals surface area contributed by atoms with Crippen molar-refractivity contribution < 1.29 is 0 Å². The van der Waals surface area contributed by atoms with Gasteiger partial charge in [-0.1, -0.05) is 0 Å². The van der Waals surface area contributed by atoms with Crippen LogP contribution in [0.25, 0.3) is 0 Å². The summed E-state index contributed by atoms with van der Waals surface area (Å²) in [7, 11) is 0. The quantitative estimate of drug-likeness (QED) is 0.906. The lowest BCUT2D eigenvalue weighted by atomic mass is 10.3. The molecule has 0 amide bonds. The van der Waals surface area contributed by atoms with E-state index in [2.05, 4.69) is 36.8 Å². The van der Waals surface area contributed by atoms with Crippen LogP contribution in [0.2, 0.25) is 0 Å². The molecule has 0 atom stereocenters. The summed E-state index contributed by atoms with van der Waals surface area (Å²) in [6.45, 7) is 1.03. The minimum Gasteiger partial charge on any atom is -0.324 e. The minimum atomic E-state index is 0.359. The van der Waals surface area contributed by atoms with Crippen LogP contribution in [0.4, 0.5) is 0 Å². The lowest BCUT2D eigenvalue weighted by Gasteiger charge is -1.99. The van der Waals surface area contributed by atoms with Crippen LogP contribution < -0.4 is 5.73 Å². The van der Waals surface area contributed by atoms with E-state index in [-0.39, 0.29) is 0 Å². The van der Waals surface area contributed by atoms with Crippen molar-refractivity contribution in [3.63, 3.8) is 0 Å². The third kappa shape index (κ3) is 1.99. The van der Waals surface area contributed by atoms with Crippen molar-refractivity contribution in [2.45, 2.75) is 13.1 Å². The summed E-state index contributed by atoms with van der Waals surface area (Å²) in [6.07, 6.45) is 0. The molecule has 14 heavy (non-hydrogen) atoms. The highest BCUT2D eigenvalue weighted by Crippen LogP contribution is 2.21. The molecule has 2 rings (SSSR count). The lowest BCUT2D eigenvalue weighted by Crippen LogP contribution is -2.10. The molecule has 0 saturated heterocycles. The van der Waals surface area contributed by atoms with Gasteiger partial charge < -0.3 is 5.73 Å². The molecular weight excluding hydrogens is 266 g/mol. The number of halogens is 1. The standard InChI is InChI=1S/C7H8BrN5S/c8-6-1-5(4-14-6)3-13-7(2-9)10-11-12-13/h1,4H,2-3,9H2. The Balaban J connectivity index is 2.18. The van der Waals surface area contributed by atoms with Crippen molar-refractivity contribution in [1.82, 2.24) is 20.2 Å². The Hall–Kier alpha value is -0.790. The van der Waals surface area contributed by atoms with Gasteiger partial charge in [0.2, 0.25) is 0 Å². The highest BCUT2D eigenvalue weighted by atomic mass is 79.9. The molecule has 5 nitrogen and oxygen atoms in total. The van der Waals surface area contributed by atoms with Gasteiger partial charge in [0.25, 0.3) is 0 Å². The van der Waals surface area contributed by atoms with Gasteiger partial charge in [-0.25, -0.2) is 4.68 Å². The van der Waals surface area contributed by atoms with Crippen molar-refractivity contribution in [2.24, 2.45) is 5.73 Å². The summed E-state index contributed by atoms with van der Waals surface area (Å²) in [5, 5.41) is 13.3. The predicted octanol–water partition coefficient (Wildman–Crippen LogP) is 1.00. The second-order valence-electron chi connectivity index (χ2n) is 2.72. The lowest BCUT2D eigenvalue weighted by molar-refractivity contribution is 0.620. The van der Waals surface area contributed by atoms with E-state index in [1.54, 1.807) is 16.0 Å². The van der Waals surface area contributed by atoms with Crippen LogP contribution >= 0.6 is 27.3 Å². The topological polar surface area (TPSA) is 69.6 Å². The van der Waals surface area contributed by atoms with Crippen molar-refractivity contribution in [3.05, 3.63) is 26.6 Å². The van der Waals surface area contributed by atoms with Crippen LogP contribution in [0.3, 0.4) is 0 Å². The van der Waals surface area contributed by atoms with E-state index in [0.29, 0.717) is 18.9 Å². The first kappa shape index (κ1) is 9.75. The number of nitrogens with two attached hydrogens (primary N) is 1. The fraction of sp³-hybridized carbons (Fsp3) is 0.286. The third-order valence-corrected chi connectivity index (χ3v) is 3.30. The van der Waals surface area contributed by atoms with Gasteiger partial charge in [-0.05, 0) is 43.4 Å². The molecule has 0 aliphatic rings. The maximum absolute atomic E-state index is 5.48. The molecule has 0 bridgehead atoms. The first-order chi connectivity index (χ1) is 6.79. The van der Waals surface area contributed by atoms with E-state index >= 15 is 0 Å². The first-order valence-corrected chi connectivity index (χ1v) is 5.65. The second kappa shape index (κ2) is 4.16. The van der Waals surface area contributed by atoms with E-state index in [1.807, 2.05) is 6.07 Å². The Bertz CT molecular complexity index is 423. The van der Waals surface area contributed by atoms with Gasteiger partial charge in [0.15, 0.2) is 5.82 Å². The average molecular weight is 274 g/mol. The molecular formula is C7H8BrN5S. The molecule has 0 aromatic carbocycles. The molecule has 7 heteroatoms. The molecule has 0 saturated carbocycles. The fourth-order valence-electron chi connectivity index (χ4n) is 1.09. The van der Waals surface area contributed by atoms with Gasteiger partial charge in [0.1, 0.15) is 0 Å². The number of thiophene rings is 1. The van der Waals surface area contributed by atoms with Gasteiger partial charge in [-0.15, -0.1) is 16.4 Å². The summed E-state index contributed by atoms with van der Waals surface area (Å²) in [5.74, 6) is 0.701. The Morgan fingerprint density at radius 1 is 1.57 bits per heavy atom. The maximum atomic E-state index is 5.48. The number of hydrogen-bond acceptors (Lipinski definition) is 5. The monoisotopic (exact) mass is 273 g/mol. The number of rotatable bonds is 3. The fourth-order valence-corrected chi connectivity index (χ4v) is 2.29. The van der Waals surface area contributed by atoms with Crippen molar-refractivity contribution in [1.29, 1.82) is 0 Å². The van der Waals surface area contributed by atoms with Gasteiger partial charge >= 0.3 is 0 Å².